The third kappa shape index (κ3) is 7.58. The number of rotatable bonds is 11. The van der Waals surface area contributed by atoms with Crippen molar-refractivity contribution in [2.75, 3.05) is 5.75 Å². The fraction of sp³-hybridized carbons (Fsp3) is 0.417. The maximum absolute atomic E-state index is 13.3. The average Bonchev–Trinajstić information content (AvgIpc) is 2.76. The fourth-order valence-corrected chi connectivity index (χ4v) is 4.87. The lowest BCUT2D eigenvalue weighted by Crippen LogP contribution is -2.51. The highest BCUT2D eigenvalue weighted by Gasteiger charge is 2.30. The first-order valence-electron chi connectivity index (χ1n) is 10.6. The van der Waals surface area contributed by atoms with Gasteiger partial charge in [0.1, 0.15) is 6.04 Å². The lowest BCUT2D eigenvalue weighted by atomic mass is 10.1. The van der Waals surface area contributed by atoms with Gasteiger partial charge in [0.2, 0.25) is 11.8 Å². The molecule has 32 heavy (non-hydrogen) atoms. The minimum Gasteiger partial charge on any atom is -0.352 e. The Labute approximate surface area is 210 Å². The molecule has 0 fully saturated rings. The second kappa shape index (κ2) is 13.3. The summed E-state index contributed by atoms with van der Waals surface area (Å²) in [6.07, 6.45) is 1.28. The maximum atomic E-state index is 13.3. The van der Waals surface area contributed by atoms with Crippen molar-refractivity contribution in [1.29, 1.82) is 0 Å². The SMILES string of the molecule is CCC(C)NC(=O)C(CC)N(Cc1c(Cl)cccc1Cl)C(=O)CSCc1ccccc1Cl. The van der Waals surface area contributed by atoms with Gasteiger partial charge in [-0.25, -0.2) is 0 Å². The van der Waals surface area contributed by atoms with Crippen molar-refractivity contribution < 1.29 is 9.59 Å². The van der Waals surface area contributed by atoms with Gasteiger partial charge in [-0.2, -0.15) is 0 Å². The number of carbonyl (C=O) groups is 2. The third-order valence-corrected chi connectivity index (χ3v) is 7.26. The normalized spacial score (nSPS) is 12.8. The Morgan fingerprint density at radius 1 is 0.969 bits per heavy atom. The van der Waals surface area contributed by atoms with E-state index in [9.17, 15) is 9.59 Å². The van der Waals surface area contributed by atoms with Crippen LogP contribution in [0.25, 0.3) is 0 Å². The summed E-state index contributed by atoms with van der Waals surface area (Å²) in [5.74, 6) is 0.487. The molecular weight excluding hydrogens is 487 g/mol. The van der Waals surface area contributed by atoms with Gasteiger partial charge < -0.3 is 10.2 Å². The smallest absolute Gasteiger partial charge is 0.243 e. The van der Waals surface area contributed by atoms with Gasteiger partial charge in [0.15, 0.2) is 0 Å². The zero-order valence-corrected chi connectivity index (χ0v) is 21.6. The van der Waals surface area contributed by atoms with Crippen molar-refractivity contribution in [2.24, 2.45) is 0 Å². The van der Waals surface area contributed by atoms with Crippen molar-refractivity contribution in [2.45, 2.75) is 58.0 Å². The van der Waals surface area contributed by atoms with Crippen LogP contribution >= 0.6 is 46.6 Å². The van der Waals surface area contributed by atoms with Gasteiger partial charge >= 0.3 is 0 Å². The van der Waals surface area contributed by atoms with Gasteiger partial charge in [0.05, 0.1) is 5.75 Å². The Morgan fingerprint density at radius 2 is 1.59 bits per heavy atom. The Balaban J connectivity index is 2.22. The van der Waals surface area contributed by atoms with Gasteiger partial charge in [0, 0.05) is 39.0 Å². The van der Waals surface area contributed by atoms with E-state index in [2.05, 4.69) is 5.32 Å². The predicted molar refractivity (Wildman–Crippen MR) is 137 cm³/mol. The number of hydrogen-bond donors (Lipinski definition) is 1. The first-order valence-corrected chi connectivity index (χ1v) is 12.9. The Morgan fingerprint density at radius 3 is 2.19 bits per heavy atom. The number of nitrogens with one attached hydrogen (secondary N) is 1. The van der Waals surface area contributed by atoms with Crippen molar-refractivity contribution in [3.8, 4) is 0 Å². The largest absolute Gasteiger partial charge is 0.352 e. The van der Waals surface area contributed by atoms with Gasteiger partial charge in [-0.05, 0) is 43.5 Å². The van der Waals surface area contributed by atoms with Crippen LogP contribution in [0.5, 0.6) is 0 Å². The van der Waals surface area contributed by atoms with Crippen LogP contribution in [0.3, 0.4) is 0 Å². The second-order valence-corrected chi connectivity index (χ2v) is 9.76. The highest BCUT2D eigenvalue weighted by Crippen LogP contribution is 2.28. The minimum atomic E-state index is -0.621. The average molecular weight is 516 g/mol. The summed E-state index contributed by atoms with van der Waals surface area (Å²) in [6, 6.07) is 12.2. The van der Waals surface area contributed by atoms with Crippen LogP contribution in [0.1, 0.15) is 44.7 Å². The molecular formula is C24H29Cl3N2O2S. The van der Waals surface area contributed by atoms with Gasteiger partial charge in [-0.3, -0.25) is 9.59 Å². The van der Waals surface area contributed by atoms with Gasteiger partial charge in [-0.15, -0.1) is 11.8 Å². The number of hydrogen-bond acceptors (Lipinski definition) is 3. The molecule has 2 aromatic carbocycles. The molecule has 0 aliphatic rings. The van der Waals surface area contributed by atoms with Crippen LogP contribution in [-0.4, -0.2) is 34.6 Å². The van der Waals surface area contributed by atoms with E-state index in [0.29, 0.717) is 32.8 Å². The van der Waals surface area contributed by atoms with Crippen LogP contribution in [0.15, 0.2) is 42.5 Å². The molecule has 1 N–H and O–H groups in total. The van der Waals surface area contributed by atoms with E-state index < -0.39 is 6.04 Å². The van der Waals surface area contributed by atoms with Crippen LogP contribution in [0.2, 0.25) is 15.1 Å². The molecule has 0 bridgehead atoms. The standard InChI is InChI=1S/C24H29Cl3N2O2S/c1-4-16(3)28-24(31)22(5-2)29(13-18-20(26)11-8-12-21(18)27)23(30)15-32-14-17-9-6-7-10-19(17)25/h6-12,16,22H,4-5,13-15H2,1-3H3,(H,28,31). The molecule has 0 radical (unpaired) electrons. The molecule has 0 heterocycles. The van der Waals surface area contributed by atoms with E-state index in [1.807, 2.05) is 45.0 Å². The topological polar surface area (TPSA) is 49.4 Å². The first kappa shape index (κ1) is 26.8. The van der Waals surface area contributed by atoms with E-state index in [1.165, 1.54) is 11.8 Å². The van der Waals surface area contributed by atoms with E-state index >= 15 is 0 Å². The molecule has 2 aromatic rings. The number of carbonyl (C=O) groups excluding carboxylic acids is 2. The van der Waals surface area contributed by atoms with Crippen LogP contribution in [-0.2, 0) is 21.9 Å². The summed E-state index contributed by atoms with van der Waals surface area (Å²) < 4.78 is 0. The van der Waals surface area contributed by atoms with E-state index in [4.69, 9.17) is 34.8 Å². The van der Waals surface area contributed by atoms with E-state index in [-0.39, 0.29) is 30.2 Å². The molecule has 2 atom stereocenters. The molecule has 4 nitrogen and oxygen atoms in total. The summed E-state index contributed by atoms with van der Waals surface area (Å²) in [6.45, 7) is 6.01. The van der Waals surface area contributed by atoms with E-state index in [1.54, 1.807) is 23.1 Å². The number of nitrogens with zero attached hydrogens (tertiary/aromatic N) is 1. The molecule has 0 saturated carbocycles. The molecule has 174 valence electrons. The second-order valence-electron chi connectivity index (χ2n) is 7.55. The number of amides is 2. The van der Waals surface area contributed by atoms with Crippen molar-refractivity contribution in [3.63, 3.8) is 0 Å². The molecule has 0 saturated heterocycles. The van der Waals surface area contributed by atoms with Crippen LogP contribution < -0.4 is 5.32 Å². The molecule has 8 heteroatoms. The highest BCUT2D eigenvalue weighted by atomic mass is 35.5. The summed E-state index contributed by atoms with van der Waals surface area (Å²) in [7, 11) is 0. The van der Waals surface area contributed by atoms with Crippen molar-refractivity contribution in [3.05, 3.63) is 68.7 Å². The van der Waals surface area contributed by atoms with Gasteiger partial charge in [-0.1, -0.05) is 72.9 Å². The Hall–Kier alpha value is -1.40. The molecule has 2 rings (SSSR count). The fourth-order valence-electron chi connectivity index (χ4n) is 3.16. The number of halogens is 3. The molecule has 0 aromatic heterocycles. The minimum absolute atomic E-state index is 0.0204. The quantitative estimate of drug-likeness (QED) is 0.367. The molecule has 0 aliphatic heterocycles. The molecule has 2 unspecified atom stereocenters. The van der Waals surface area contributed by atoms with Crippen molar-refractivity contribution in [1.82, 2.24) is 10.2 Å². The lowest BCUT2D eigenvalue weighted by molar-refractivity contribution is -0.139. The highest BCUT2D eigenvalue weighted by molar-refractivity contribution is 7.99. The van der Waals surface area contributed by atoms with Crippen LogP contribution in [0, 0.1) is 0 Å². The van der Waals surface area contributed by atoms with Crippen molar-refractivity contribution >= 4 is 58.4 Å². The number of benzene rings is 2. The number of thioether (sulfide) groups is 1. The predicted octanol–water partition coefficient (Wildman–Crippen LogP) is 6.60. The zero-order chi connectivity index (χ0) is 23.7. The van der Waals surface area contributed by atoms with Crippen LogP contribution in [0.4, 0.5) is 0 Å². The van der Waals surface area contributed by atoms with Gasteiger partial charge in [0.25, 0.3) is 0 Å². The first-order chi connectivity index (χ1) is 15.3. The Kier molecular flexibility index (Phi) is 11.2. The zero-order valence-electron chi connectivity index (χ0n) is 18.5. The molecule has 0 aliphatic carbocycles. The summed E-state index contributed by atoms with van der Waals surface area (Å²) >= 11 is 20.4. The Bertz CT molecular complexity index is 906. The third-order valence-electron chi connectivity index (χ3n) is 5.22. The summed E-state index contributed by atoms with van der Waals surface area (Å²) in [5.41, 5.74) is 1.60. The molecule has 0 spiro atoms. The summed E-state index contributed by atoms with van der Waals surface area (Å²) in [5, 5.41) is 4.61. The lowest BCUT2D eigenvalue weighted by Gasteiger charge is -2.32. The molecule has 2 amide bonds. The maximum Gasteiger partial charge on any atom is 0.243 e. The van der Waals surface area contributed by atoms with E-state index in [0.717, 1.165) is 12.0 Å². The summed E-state index contributed by atoms with van der Waals surface area (Å²) in [4.78, 5) is 27.9. The monoisotopic (exact) mass is 514 g/mol.